The highest BCUT2D eigenvalue weighted by molar-refractivity contribution is 6.02. The fourth-order valence-electron chi connectivity index (χ4n) is 4.21. The van der Waals surface area contributed by atoms with Gasteiger partial charge in [-0.3, -0.25) is 9.48 Å². The maximum absolute atomic E-state index is 13.0. The number of amides is 1. The molecule has 3 aromatic rings. The van der Waals surface area contributed by atoms with Gasteiger partial charge in [0, 0.05) is 25.0 Å². The molecule has 5 rings (SSSR count). The van der Waals surface area contributed by atoms with E-state index in [0.717, 1.165) is 47.8 Å². The van der Waals surface area contributed by atoms with E-state index < -0.39 is 0 Å². The maximum Gasteiger partial charge on any atom is 0.253 e. The molecule has 3 heterocycles. The molecule has 0 aliphatic heterocycles. The first-order valence-electron chi connectivity index (χ1n) is 10.2. The second-order valence-electron chi connectivity index (χ2n) is 8.07. The predicted molar refractivity (Wildman–Crippen MR) is 106 cm³/mol. The molecule has 0 saturated heterocycles. The molecule has 3 aromatic heterocycles. The van der Waals surface area contributed by atoms with Crippen LogP contribution in [0.3, 0.4) is 0 Å². The Kier molecular flexibility index (Phi) is 4.23. The third-order valence-electron chi connectivity index (χ3n) is 5.91. The Morgan fingerprint density at radius 1 is 1.07 bits per heavy atom. The van der Waals surface area contributed by atoms with E-state index in [4.69, 9.17) is 5.10 Å². The van der Waals surface area contributed by atoms with E-state index in [1.54, 1.807) is 0 Å². The van der Waals surface area contributed by atoms with Crippen molar-refractivity contribution in [1.29, 1.82) is 0 Å². The van der Waals surface area contributed by atoms with Crippen LogP contribution in [0, 0.1) is 5.92 Å². The van der Waals surface area contributed by atoms with Gasteiger partial charge in [0.05, 0.1) is 16.8 Å². The largest absolute Gasteiger partial charge is 0.349 e. The summed E-state index contributed by atoms with van der Waals surface area (Å²) in [6, 6.07) is 10.4. The number of rotatable bonds is 5. The van der Waals surface area contributed by atoms with Gasteiger partial charge in [0.2, 0.25) is 0 Å². The van der Waals surface area contributed by atoms with Crippen molar-refractivity contribution in [1.82, 2.24) is 19.5 Å². The van der Waals surface area contributed by atoms with Gasteiger partial charge < -0.3 is 9.72 Å². The predicted octanol–water partition coefficient (Wildman–Crippen LogP) is 4.28. The Balaban J connectivity index is 1.46. The highest BCUT2D eigenvalue weighted by atomic mass is 16.1. The summed E-state index contributed by atoms with van der Waals surface area (Å²) in [5.74, 6) is 0.827. The summed E-state index contributed by atoms with van der Waals surface area (Å²) < 4.78 is 4.12. The van der Waals surface area contributed by atoms with Crippen LogP contribution < -0.4 is 5.32 Å². The van der Waals surface area contributed by atoms with Crippen LogP contribution in [0.4, 0.5) is 0 Å². The van der Waals surface area contributed by atoms with E-state index in [1.807, 2.05) is 35.1 Å². The molecule has 0 spiro atoms. The Labute approximate surface area is 159 Å². The second-order valence-corrected chi connectivity index (χ2v) is 8.07. The topological polar surface area (TPSA) is 51.3 Å². The van der Waals surface area contributed by atoms with Crippen LogP contribution >= 0.6 is 0 Å². The molecule has 140 valence electrons. The minimum absolute atomic E-state index is 0.0364. The molecular weight excluding hydrogens is 336 g/mol. The highest BCUT2D eigenvalue weighted by Gasteiger charge is 2.23. The number of nitrogens with one attached hydrogen (secondary N) is 1. The average molecular weight is 362 g/mol. The van der Waals surface area contributed by atoms with Crippen LogP contribution in [0.25, 0.3) is 16.9 Å². The number of hydrogen-bond donors (Lipinski definition) is 1. The summed E-state index contributed by atoms with van der Waals surface area (Å²) in [5.41, 5.74) is 3.59. The van der Waals surface area contributed by atoms with E-state index >= 15 is 0 Å². The summed E-state index contributed by atoms with van der Waals surface area (Å²) in [6.45, 7) is 0.998. The Morgan fingerprint density at radius 3 is 2.74 bits per heavy atom. The molecular formula is C22H26N4O. The summed E-state index contributed by atoms with van der Waals surface area (Å²) in [7, 11) is 0. The molecule has 2 fully saturated rings. The van der Waals surface area contributed by atoms with Gasteiger partial charge in [-0.25, -0.2) is 0 Å². The zero-order chi connectivity index (χ0) is 18.2. The first-order chi connectivity index (χ1) is 13.3. The zero-order valence-corrected chi connectivity index (χ0v) is 15.6. The number of aromatic nitrogens is 3. The molecule has 5 nitrogen and oxygen atoms in total. The molecule has 27 heavy (non-hydrogen) atoms. The van der Waals surface area contributed by atoms with Gasteiger partial charge in [0.25, 0.3) is 5.91 Å². The Morgan fingerprint density at radius 2 is 1.93 bits per heavy atom. The fraction of sp³-hybridized carbons (Fsp3) is 0.455. The van der Waals surface area contributed by atoms with Crippen molar-refractivity contribution >= 4 is 11.4 Å². The van der Waals surface area contributed by atoms with Crippen molar-refractivity contribution in [3.63, 3.8) is 0 Å². The zero-order valence-electron chi connectivity index (χ0n) is 15.6. The van der Waals surface area contributed by atoms with Gasteiger partial charge in [-0.1, -0.05) is 25.3 Å². The summed E-state index contributed by atoms with van der Waals surface area (Å²) in [4.78, 5) is 13.0. The monoisotopic (exact) mass is 362 g/mol. The Bertz CT molecular complexity index is 960. The molecule has 2 saturated carbocycles. The fourth-order valence-corrected chi connectivity index (χ4v) is 4.21. The van der Waals surface area contributed by atoms with E-state index in [0.29, 0.717) is 6.04 Å². The van der Waals surface area contributed by atoms with Gasteiger partial charge >= 0.3 is 0 Å². The Hall–Kier alpha value is -2.56. The lowest BCUT2D eigenvalue weighted by Crippen LogP contribution is -2.36. The van der Waals surface area contributed by atoms with Crippen molar-refractivity contribution in [2.24, 2.45) is 5.92 Å². The van der Waals surface area contributed by atoms with Crippen molar-refractivity contribution in [2.75, 3.05) is 0 Å². The molecule has 0 atom stereocenters. The van der Waals surface area contributed by atoms with Crippen molar-refractivity contribution in [3.05, 3.63) is 48.3 Å². The molecule has 0 unspecified atom stereocenters. The van der Waals surface area contributed by atoms with Crippen molar-refractivity contribution < 1.29 is 4.79 Å². The average Bonchev–Trinajstić information content (AvgIpc) is 3.24. The van der Waals surface area contributed by atoms with Gasteiger partial charge in [-0.2, -0.15) is 5.10 Å². The van der Waals surface area contributed by atoms with Crippen LogP contribution in [0.5, 0.6) is 0 Å². The molecule has 1 N–H and O–H groups in total. The number of carbonyl (C=O) groups excluding carboxylic acids is 1. The number of carbonyl (C=O) groups is 1. The van der Waals surface area contributed by atoms with Gasteiger partial charge in [-0.05, 0) is 55.9 Å². The quantitative estimate of drug-likeness (QED) is 0.737. The minimum atomic E-state index is 0.0364. The normalized spacial score (nSPS) is 18.1. The van der Waals surface area contributed by atoms with Crippen molar-refractivity contribution in [3.8, 4) is 11.4 Å². The lowest BCUT2D eigenvalue weighted by molar-refractivity contribution is 0.0929. The van der Waals surface area contributed by atoms with Crippen LogP contribution in [-0.2, 0) is 6.54 Å². The van der Waals surface area contributed by atoms with Crippen LogP contribution in [0.15, 0.2) is 42.7 Å². The molecule has 1 amide bonds. The van der Waals surface area contributed by atoms with Gasteiger partial charge in [-0.15, -0.1) is 0 Å². The van der Waals surface area contributed by atoms with E-state index in [-0.39, 0.29) is 5.91 Å². The number of nitrogens with zero attached hydrogens (tertiary/aromatic N) is 3. The standard InChI is InChI=1S/C22H26N4O/c27-22(23-17-6-2-1-3-7-17)18-14-21(26-12-5-4-8-20(18)26)19-11-13-25(24-19)15-16-9-10-16/h4-5,8,11-14,16-17H,1-3,6-7,9-10,15H2,(H,23,27). The highest BCUT2D eigenvalue weighted by Crippen LogP contribution is 2.31. The van der Waals surface area contributed by atoms with Crippen molar-refractivity contribution in [2.45, 2.75) is 57.5 Å². The summed E-state index contributed by atoms with van der Waals surface area (Å²) in [5, 5.41) is 8.02. The number of pyridine rings is 1. The molecule has 5 heteroatoms. The first-order valence-corrected chi connectivity index (χ1v) is 10.2. The summed E-state index contributed by atoms with van der Waals surface area (Å²) >= 11 is 0. The molecule has 0 radical (unpaired) electrons. The maximum atomic E-state index is 13.0. The third kappa shape index (κ3) is 3.38. The van der Waals surface area contributed by atoms with E-state index in [1.165, 1.54) is 32.1 Å². The number of hydrogen-bond acceptors (Lipinski definition) is 2. The third-order valence-corrected chi connectivity index (χ3v) is 5.91. The van der Waals surface area contributed by atoms with Gasteiger partial charge in [0.15, 0.2) is 0 Å². The SMILES string of the molecule is O=C(NC1CCCCC1)c1cc(-c2ccn(CC3CC3)n2)n2ccccc12. The minimum Gasteiger partial charge on any atom is -0.349 e. The lowest BCUT2D eigenvalue weighted by atomic mass is 9.95. The molecule has 0 bridgehead atoms. The molecule has 2 aliphatic rings. The van der Waals surface area contributed by atoms with Crippen LogP contribution in [0.2, 0.25) is 0 Å². The summed E-state index contributed by atoms with van der Waals surface area (Å²) in [6.07, 6.45) is 12.6. The second kappa shape index (κ2) is 6.87. The van der Waals surface area contributed by atoms with E-state index in [9.17, 15) is 4.79 Å². The van der Waals surface area contributed by atoms with Crippen LogP contribution in [0.1, 0.15) is 55.3 Å². The first kappa shape index (κ1) is 16.6. The van der Waals surface area contributed by atoms with Gasteiger partial charge in [0.1, 0.15) is 5.69 Å². The molecule has 0 aromatic carbocycles. The molecule has 2 aliphatic carbocycles. The van der Waals surface area contributed by atoms with E-state index in [2.05, 4.69) is 22.0 Å². The smallest absolute Gasteiger partial charge is 0.253 e. The lowest BCUT2D eigenvalue weighted by Gasteiger charge is -2.22. The number of fused-ring (bicyclic) bond motifs is 1. The van der Waals surface area contributed by atoms with Crippen LogP contribution in [-0.4, -0.2) is 26.1 Å².